The minimum Gasteiger partial charge on any atom is -0.744 e. The van der Waals surface area contributed by atoms with Crippen molar-refractivity contribution in [3.8, 4) is 5.75 Å². The highest BCUT2D eigenvalue weighted by Crippen LogP contribution is 2.28. The molecule has 0 aliphatic heterocycles. The maximum absolute atomic E-state index is 12.5. The number of esters is 1. The summed E-state index contributed by atoms with van der Waals surface area (Å²) >= 11 is 6.34. The molecule has 0 N–H and O–H groups in total. The van der Waals surface area contributed by atoms with Crippen molar-refractivity contribution in [1.29, 1.82) is 0 Å². The molecule has 2 aromatic carbocycles. The number of carbonyl (C=O) groups is 1. The lowest BCUT2D eigenvalue weighted by Gasteiger charge is -2.15. The molecule has 0 radical (unpaired) electrons. The van der Waals surface area contributed by atoms with Crippen molar-refractivity contribution in [2.45, 2.75) is 18.7 Å². The molecule has 5 nitrogen and oxygen atoms in total. The van der Waals surface area contributed by atoms with Gasteiger partial charge in [-0.25, -0.2) is 13.2 Å². The number of rotatable bonds is 3. The fraction of sp³-hybridized carbons (Fsp3) is 0.133. The van der Waals surface area contributed by atoms with E-state index in [4.69, 9.17) is 4.74 Å². The van der Waals surface area contributed by atoms with Crippen molar-refractivity contribution >= 4 is 83.9 Å². The molecule has 128 valence electrons. The highest BCUT2D eigenvalue weighted by molar-refractivity contribution is 14.1. The van der Waals surface area contributed by atoms with Gasteiger partial charge in [-0.3, -0.25) is 0 Å². The smallest absolute Gasteiger partial charge is 0.344 e. The van der Waals surface area contributed by atoms with E-state index >= 15 is 0 Å². The van der Waals surface area contributed by atoms with Crippen LogP contribution in [0.5, 0.6) is 5.75 Å². The number of benzene rings is 2. The van der Waals surface area contributed by atoms with Crippen LogP contribution in [0.4, 0.5) is 0 Å². The first-order valence-electron chi connectivity index (χ1n) is 6.44. The van der Waals surface area contributed by atoms with Gasteiger partial charge in [-0.1, -0.05) is 0 Å². The van der Waals surface area contributed by atoms with Gasteiger partial charge in [0.15, 0.2) is 0 Å². The second-order valence-corrected chi connectivity index (χ2v) is 9.81. The molecular weight excluding hydrogens is 673 g/mol. The lowest BCUT2D eigenvalue weighted by atomic mass is 10.1. The Morgan fingerprint density at radius 3 is 2.25 bits per heavy atom. The lowest BCUT2D eigenvalue weighted by Crippen LogP contribution is -2.13. The molecule has 0 atom stereocenters. The van der Waals surface area contributed by atoms with Crippen LogP contribution in [0.2, 0.25) is 0 Å². The molecule has 24 heavy (non-hydrogen) atoms. The minimum atomic E-state index is -4.57. The Balaban J connectivity index is 2.42. The van der Waals surface area contributed by atoms with Crippen LogP contribution in [-0.2, 0) is 10.1 Å². The molecular formula is C15H10I3O5S-. The van der Waals surface area contributed by atoms with Crippen molar-refractivity contribution in [3.05, 3.63) is 51.7 Å². The zero-order valence-electron chi connectivity index (χ0n) is 12.4. The van der Waals surface area contributed by atoms with E-state index in [2.05, 4.69) is 67.8 Å². The first-order valence-corrected chi connectivity index (χ1v) is 11.1. The van der Waals surface area contributed by atoms with Crippen LogP contribution in [-0.4, -0.2) is 18.9 Å². The van der Waals surface area contributed by atoms with E-state index in [-0.39, 0.29) is 16.2 Å². The number of carbonyl (C=O) groups excluding carboxylic acids is 1. The predicted octanol–water partition coefficient (Wildman–Crippen LogP) is 4.24. The standard InChI is InChI=1S/C15H11I3O5S/c1-7-4-13(24(20,21)22)8(2)3-12(7)23-15(19)10-5-9(16)6-11(17)14(10)18/h3-6H,1-2H3,(H,20,21,22)/p-1. The summed E-state index contributed by atoms with van der Waals surface area (Å²) in [6.45, 7) is 3.07. The number of hydrogen-bond acceptors (Lipinski definition) is 5. The molecule has 2 rings (SSSR count). The van der Waals surface area contributed by atoms with Crippen LogP contribution in [0.25, 0.3) is 0 Å². The van der Waals surface area contributed by atoms with Gasteiger partial charge in [0.1, 0.15) is 15.9 Å². The van der Waals surface area contributed by atoms with Gasteiger partial charge in [0.2, 0.25) is 0 Å². The van der Waals surface area contributed by atoms with E-state index in [0.29, 0.717) is 11.1 Å². The normalized spacial score (nSPS) is 11.4. The third kappa shape index (κ3) is 4.59. The van der Waals surface area contributed by atoms with E-state index in [1.54, 1.807) is 13.0 Å². The molecule has 0 aliphatic carbocycles. The number of aryl methyl sites for hydroxylation is 2. The third-order valence-electron chi connectivity index (χ3n) is 3.16. The Hall–Kier alpha value is 0.0100. The second kappa shape index (κ2) is 7.72. The summed E-state index contributed by atoms with van der Waals surface area (Å²) in [5.74, 6) is -0.300. The molecule has 0 aliphatic rings. The zero-order valence-corrected chi connectivity index (χ0v) is 19.7. The Bertz CT molecular complexity index is 939. The van der Waals surface area contributed by atoms with E-state index in [0.717, 1.165) is 10.7 Å². The summed E-state index contributed by atoms with van der Waals surface area (Å²) in [6.07, 6.45) is 0. The fourth-order valence-corrected chi connectivity index (χ4v) is 5.15. The molecule has 0 aromatic heterocycles. The molecule has 2 aromatic rings. The van der Waals surface area contributed by atoms with Crippen LogP contribution in [0.3, 0.4) is 0 Å². The van der Waals surface area contributed by atoms with E-state index < -0.39 is 16.1 Å². The number of hydrogen-bond donors (Lipinski definition) is 0. The zero-order chi connectivity index (χ0) is 18.2. The first kappa shape index (κ1) is 20.3. The fourth-order valence-electron chi connectivity index (χ4n) is 2.00. The van der Waals surface area contributed by atoms with Gasteiger partial charge in [-0.05, 0) is 117 Å². The Labute approximate surface area is 180 Å². The molecule has 0 heterocycles. The van der Waals surface area contributed by atoms with Crippen LogP contribution in [0.15, 0.2) is 29.2 Å². The van der Waals surface area contributed by atoms with E-state index in [1.165, 1.54) is 19.1 Å². The Kier molecular flexibility index (Phi) is 6.53. The molecule has 9 heteroatoms. The first-order chi connectivity index (χ1) is 11.0. The maximum atomic E-state index is 12.5. The largest absolute Gasteiger partial charge is 0.744 e. The summed E-state index contributed by atoms with van der Waals surface area (Å²) in [6, 6.07) is 6.29. The molecule has 0 spiro atoms. The van der Waals surface area contributed by atoms with Gasteiger partial charge in [0.05, 0.1) is 10.5 Å². The maximum Gasteiger partial charge on any atom is 0.344 e. The molecule has 0 saturated carbocycles. The second-order valence-electron chi connectivity index (χ2n) is 4.98. The van der Waals surface area contributed by atoms with Crippen molar-refractivity contribution < 1.29 is 22.5 Å². The topological polar surface area (TPSA) is 83.5 Å². The van der Waals surface area contributed by atoms with Crippen LogP contribution in [0, 0.1) is 24.6 Å². The Morgan fingerprint density at radius 1 is 1.04 bits per heavy atom. The van der Waals surface area contributed by atoms with Gasteiger partial charge >= 0.3 is 5.97 Å². The van der Waals surface area contributed by atoms with Crippen molar-refractivity contribution in [2.75, 3.05) is 0 Å². The van der Waals surface area contributed by atoms with Crippen LogP contribution < -0.4 is 4.74 Å². The number of halogens is 3. The lowest BCUT2D eigenvalue weighted by molar-refractivity contribution is 0.0732. The van der Waals surface area contributed by atoms with Gasteiger partial charge in [0, 0.05) is 10.7 Å². The Morgan fingerprint density at radius 2 is 1.67 bits per heavy atom. The van der Waals surface area contributed by atoms with Crippen molar-refractivity contribution in [1.82, 2.24) is 0 Å². The van der Waals surface area contributed by atoms with Crippen LogP contribution in [0.1, 0.15) is 21.5 Å². The molecule has 0 saturated heterocycles. The number of ether oxygens (including phenoxy) is 1. The van der Waals surface area contributed by atoms with Gasteiger partial charge in [-0.15, -0.1) is 0 Å². The van der Waals surface area contributed by atoms with Crippen molar-refractivity contribution in [3.63, 3.8) is 0 Å². The van der Waals surface area contributed by atoms with E-state index in [1.807, 2.05) is 6.07 Å². The minimum absolute atomic E-state index is 0.231. The average molecular weight is 683 g/mol. The third-order valence-corrected chi connectivity index (χ3v) is 7.80. The predicted molar refractivity (Wildman–Crippen MR) is 113 cm³/mol. The van der Waals surface area contributed by atoms with Gasteiger partial charge < -0.3 is 9.29 Å². The molecule has 0 amide bonds. The molecule has 0 bridgehead atoms. The molecule has 0 fully saturated rings. The SMILES string of the molecule is Cc1cc(S(=O)(=O)[O-])c(C)cc1OC(=O)c1cc(I)cc(I)c1I. The van der Waals surface area contributed by atoms with Gasteiger partial charge in [0.25, 0.3) is 0 Å². The summed E-state index contributed by atoms with van der Waals surface area (Å²) in [4.78, 5) is 12.2. The average Bonchev–Trinajstić information content (AvgIpc) is 2.45. The van der Waals surface area contributed by atoms with E-state index in [9.17, 15) is 17.8 Å². The van der Waals surface area contributed by atoms with Crippen molar-refractivity contribution in [2.24, 2.45) is 0 Å². The highest BCUT2D eigenvalue weighted by atomic mass is 127. The monoisotopic (exact) mass is 683 g/mol. The summed E-state index contributed by atoms with van der Waals surface area (Å²) in [5.41, 5.74) is 1.08. The summed E-state index contributed by atoms with van der Waals surface area (Å²) < 4.78 is 41.7. The van der Waals surface area contributed by atoms with Gasteiger partial charge in [-0.2, -0.15) is 0 Å². The molecule has 0 unspecified atom stereocenters. The van der Waals surface area contributed by atoms with Crippen LogP contribution >= 0.6 is 67.8 Å². The quantitative estimate of drug-likeness (QED) is 0.159. The summed E-state index contributed by atoms with van der Waals surface area (Å²) in [5, 5.41) is 0. The highest BCUT2D eigenvalue weighted by Gasteiger charge is 2.18. The summed E-state index contributed by atoms with van der Waals surface area (Å²) in [7, 11) is -4.57.